The number of anilines is 1. The minimum Gasteiger partial charge on any atom is -0.486 e. The fourth-order valence-corrected chi connectivity index (χ4v) is 3.48. The molecule has 0 aliphatic carbocycles. The quantitative estimate of drug-likeness (QED) is 0.405. The van der Waals surface area contributed by atoms with Crippen molar-refractivity contribution in [3.05, 3.63) is 93.0 Å². The van der Waals surface area contributed by atoms with Gasteiger partial charge in [0.25, 0.3) is 11.6 Å². The van der Waals surface area contributed by atoms with E-state index in [1.807, 2.05) is 36.4 Å². The number of hydrogen-bond donors (Lipinski definition) is 2. The van der Waals surface area contributed by atoms with E-state index in [1.165, 1.54) is 18.2 Å². The summed E-state index contributed by atoms with van der Waals surface area (Å²) in [6.45, 7) is 0.808. The lowest BCUT2D eigenvalue weighted by molar-refractivity contribution is -0.384. The van der Waals surface area contributed by atoms with E-state index in [2.05, 4.69) is 10.6 Å². The van der Waals surface area contributed by atoms with Gasteiger partial charge in [-0.3, -0.25) is 14.9 Å². The number of fused-ring (bicyclic) bond motifs is 1. The molecule has 1 atom stereocenters. The van der Waals surface area contributed by atoms with Crippen molar-refractivity contribution in [1.29, 1.82) is 0 Å². The summed E-state index contributed by atoms with van der Waals surface area (Å²) in [7, 11) is 0. The molecule has 3 aromatic carbocycles. The lowest BCUT2D eigenvalue weighted by Crippen LogP contribution is -2.40. The number of nitrogens with zero attached hydrogens (tertiary/aromatic N) is 1. The van der Waals surface area contributed by atoms with Gasteiger partial charge >= 0.3 is 0 Å². The molecule has 0 bridgehead atoms. The second kappa shape index (κ2) is 9.57. The number of benzene rings is 3. The summed E-state index contributed by atoms with van der Waals surface area (Å²) in [5, 5.41) is 17.9. The van der Waals surface area contributed by atoms with Gasteiger partial charge < -0.3 is 20.1 Å². The van der Waals surface area contributed by atoms with Crippen LogP contribution in [-0.4, -0.2) is 30.1 Å². The first kappa shape index (κ1) is 21.5. The van der Waals surface area contributed by atoms with Crippen LogP contribution in [-0.2, 0) is 6.54 Å². The number of hydrogen-bond acceptors (Lipinski definition) is 6. The van der Waals surface area contributed by atoms with Crippen LogP contribution in [0.25, 0.3) is 0 Å². The van der Waals surface area contributed by atoms with E-state index >= 15 is 0 Å². The van der Waals surface area contributed by atoms with Crippen molar-refractivity contribution in [3.8, 4) is 11.5 Å². The Balaban J connectivity index is 1.40. The number of nitro benzene ring substituents is 1. The van der Waals surface area contributed by atoms with Gasteiger partial charge in [-0.05, 0) is 35.9 Å². The van der Waals surface area contributed by atoms with Crippen LogP contribution < -0.4 is 20.1 Å². The van der Waals surface area contributed by atoms with Gasteiger partial charge in [0.15, 0.2) is 11.5 Å². The Hall–Kier alpha value is -3.78. The van der Waals surface area contributed by atoms with Crippen molar-refractivity contribution in [2.24, 2.45) is 0 Å². The Morgan fingerprint density at radius 2 is 1.84 bits per heavy atom. The Kier molecular flexibility index (Phi) is 6.42. The molecule has 1 aliphatic heterocycles. The topological polar surface area (TPSA) is 103 Å². The van der Waals surface area contributed by atoms with E-state index < -0.39 is 10.8 Å². The first-order chi connectivity index (χ1) is 15.5. The molecule has 3 aromatic rings. The van der Waals surface area contributed by atoms with Gasteiger partial charge in [-0.2, -0.15) is 0 Å². The third-order valence-electron chi connectivity index (χ3n) is 4.94. The molecule has 0 unspecified atom stereocenters. The molecule has 4 rings (SSSR count). The predicted octanol–water partition coefficient (Wildman–Crippen LogP) is 4.43. The number of amides is 1. The summed E-state index contributed by atoms with van der Waals surface area (Å²) < 4.78 is 11.4. The number of ether oxygens (including phenoxy) is 2. The summed E-state index contributed by atoms with van der Waals surface area (Å²) >= 11 is 6.14. The number of halogens is 1. The van der Waals surface area contributed by atoms with Gasteiger partial charge in [0, 0.05) is 23.2 Å². The molecule has 1 heterocycles. The highest BCUT2D eigenvalue weighted by Crippen LogP contribution is 2.31. The molecule has 1 amide bonds. The zero-order valence-electron chi connectivity index (χ0n) is 16.9. The largest absolute Gasteiger partial charge is 0.486 e. The number of para-hydroxylation sites is 2. The normalized spacial score (nSPS) is 14.5. The van der Waals surface area contributed by atoms with Crippen LogP contribution in [0.15, 0.2) is 66.7 Å². The minimum absolute atomic E-state index is 0.178. The molecular weight excluding hydrogens is 434 g/mol. The van der Waals surface area contributed by atoms with Gasteiger partial charge in [-0.25, -0.2) is 0 Å². The van der Waals surface area contributed by atoms with Gasteiger partial charge in [0.05, 0.1) is 11.5 Å². The van der Waals surface area contributed by atoms with Crippen molar-refractivity contribution in [1.82, 2.24) is 5.32 Å². The van der Waals surface area contributed by atoms with Crippen molar-refractivity contribution in [2.75, 3.05) is 18.5 Å². The maximum atomic E-state index is 12.6. The van der Waals surface area contributed by atoms with Crippen LogP contribution in [0.5, 0.6) is 11.5 Å². The van der Waals surface area contributed by atoms with Crippen molar-refractivity contribution in [3.63, 3.8) is 0 Å². The number of rotatable bonds is 7. The summed E-state index contributed by atoms with van der Waals surface area (Å²) in [5.74, 6) is 0.835. The predicted molar refractivity (Wildman–Crippen MR) is 121 cm³/mol. The Morgan fingerprint density at radius 3 is 2.62 bits per heavy atom. The number of nitro groups is 1. The summed E-state index contributed by atoms with van der Waals surface area (Å²) in [5.41, 5.74) is 1.08. The zero-order valence-corrected chi connectivity index (χ0v) is 17.7. The van der Waals surface area contributed by atoms with E-state index in [1.54, 1.807) is 12.1 Å². The lowest BCUT2D eigenvalue weighted by Gasteiger charge is -2.26. The fraction of sp³-hybridized carbons (Fsp3) is 0.174. The average Bonchev–Trinajstić information content (AvgIpc) is 2.81. The van der Waals surface area contributed by atoms with E-state index in [-0.39, 0.29) is 23.9 Å². The molecule has 0 fully saturated rings. The summed E-state index contributed by atoms with van der Waals surface area (Å²) in [4.78, 5) is 23.6. The van der Waals surface area contributed by atoms with E-state index in [0.29, 0.717) is 35.4 Å². The second-order valence-electron chi connectivity index (χ2n) is 7.14. The number of carbonyl (C=O) groups excluding carboxylic acids is 1. The molecule has 2 N–H and O–H groups in total. The Labute approximate surface area is 189 Å². The molecule has 8 nitrogen and oxygen atoms in total. The van der Waals surface area contributed by atoms with E-state index in [4.69, 9.17) is 21.1 Å². The van der Waals surface area contributed by atoms with Crippen molar-refractivity contribution in [2.45, 2.75) is 12.6 Å². The molecular formula is C23H20ClN3O5. The molecule has 0 saturated carbocycles. The monoisotopic (exact) mass is 453 g/mol. The van der Waals surface area contributed by atoms with Crippen LogP contribution in [0.1, 0.15) is 15.9 Å². The standard InChI is InChI=1S/C23H20ClN3O5/c24-18-6-2-1-5-16(18)12-25-19-10-9-15(11-20(19)27(29)30)23(28)26-13-17-14-31-21-7-3-4-8-22(21)32-17/h1-11,17,25H,12-14H2,(H,26,28)/t17-/m1/s1. The highest BCUT2D eigenvalue weighted by atomic mass is 35.5. The molecule has 0 aromatic heterocycles. The van der Waals surface area contributed by atoms with Gasteiger partial charge in [0.2, 0.25) is 0 Å². The third-order valence-corrected chi connectivity index (χ3v) is 5.31. The minimum atomic E-state index is -0.527. The van der Waals surface area contributed by atoms with Crippen LogP contribution in [0, 0.1) is 10.1 Å². The first-order valence-electron chi connectivity index (χ1n) is 9.93. The van der Waals surface area contributed by atoms with Crippen molar-refractivity contribution >= 4 is 28.9 Å². The zero-order chi connectivity index (χ0) is 22.5. The lowest BCUT2D eigenvalue weighted by atomic mass is 10.1. The molecule has 32 heavy (non-hydrogen) atoms. The maximum Gasteiger partial charge on any atom is 0.293 e. The second-order valence-corrected chi connectivity index (χ2v) is 7.55. The summed E-state index contributed by atoms with van der Waals surface area (Å²) in [6.07, 6.45) is -0.361. The Bertz CT molecular complexity index is 1150. The molecule has 9 heteroatoms. The Morgan fingerprint density at radius 1 is 1.09 bits per heavy atom. The number of carbonyl (C=O) groups is 1. The highest BCUT2D eigenvalue weighted by molar-refractivity contribution is 6.31. The van der Waals surface area contributed by atoms with Crippen LogP contribution in [0.2, 0.25) is 5.02 Å². The molecule has 0 spiro atoms. The molecule has 164 valence electrons. The molecule has 1 aliphatic rings. The van der Waals surface area contributed by atoms with Crippen LogP contribution >= 0.6 is 11.6 Å². The first-order valence-corrected chi connectivity index (χ1v) is 10.3. The maximum absolute atomic E-state index is 12.6. The third kappa shape index (κ3) is 4.92. The molecule has 0 saturated heterocycles. The van der Waals surface area contributed by atoms with Crippen LogP contribution in [0.4, 0.5) is 11.4 Å². The van der Waals surface area contributed by atoms with Gasteiger partial charge in [-0.15, -0.1) is 0 Å². The average molecular weight is 454 g/mol. The highest BCUT2D eigenvalue weighted by Gasteiger charge is 2.22. The van der Waals surface area contributed by atoms with E-state index in [9.17, 15) is 14.9 Å². The van der Waals surface area contributed by atoms with Gasteiger partial charge in [-0.1, -0.05) is 41.9 Å². The van der Waals surface area contributed by atoms with E-state index in [0.717, 1.165) is 5.56 Å². The smallest absolute Gasteiger partial charge is 0.293 e. The summed E-state index contributed by atoms with van der Waals surface area (Å²) in [6, 6.07) is 18.8. The fourth-order valence-electron chi connectivity index (χ4n) is 3.28. The van der Waals surface area contributed by atoms with Crippen molar-refractivity contribution < 1.29 is 19.2 Å². The number of nitrogens with one attached hydrogen (secondary N) is 2. The van der Waals surface area contributed by atoms with Crippen LogP contribution in [0.3, 0.4) is 0 Å². The molecule has 0 radical (unpaired) electrons. The SMILES string of the molecule is O=C(NC[C@@H]1COc2ccccc2O1)c1ccc(NCc2ccccc2Cl)c([N+](=O)[O-])c1. The van der Waals surface area contributed by atoms with Gasteiger partial charge in [0.1, 0.15) is 18.4 Å².